The van der Waals surface area contributed by atoms with Crippen LogP contribution in [0.5, 0.6) is 5.75 Å². The summed E-state index contributed by atoms with van der Waals surface area (Å²) >= 11 is 0. The zero-order valence-corrected chi connectivity index (χ0v) is 14.8. The zero-order valence-electron chi connectivity index (χ0n) is 14.8. The molecule has 0 aliphatic carbocycles. The van der Waals surface area contributed by atoms with E-state index in [0.717, 1.165) is 28.8 Å². The van der Waals surface area contributed by atoms with E-state index in [-0.39, 0.29) is 18.9 Å². The molecule has 136 valence electrons. The van der Waals surface area contributed by atoms with Gasteiger partial charge in [-0.2, -0.15) is 0 Å². The van der Waals surface area contributed by atoms with Gasteiger partial charge in [0.25, 0.3) is 0 Å². The number of amides is 1. The van der Waals surface area contributed by atoms with E-state index in [2.05, 4.69) is 4.98 Å². The molecule has 0 radical (unpaired) electrons. The van der Waals surface area contributed by atoms with Crippen LogP contribution < -0.4 is 10.5 Å². The zero-order chi connectivity index (χ0) is 18.5. The Morgan fingerprint density at radius 3 is 2.65 bits per heavy atom. The summed E-state index contributed by atoms with van der Waals surface area (Å²) in [5, 5.41) is 10.4. The van der Waals surface area contributed by atoms with Gasteiger partial charge in [0.1, 0.15) is 24.3 Å². The first-order valence-corrected chi connectivity index (χ1v) is 8.69. The fraction of sp³-hybridized carbons (Fsp3) is 0.300. The predicted octanol–water partition coefficient (Wildman–Crippen LogP) is 2.07. The molecule has 2 aromatic carbocycles. The molecule has 1 heterocycles. The highest BCUT2D eigenvalue weighted by molar-refractivity contribution is 5.76. The van der Waals surface area contributed by atoms with E-state index >= 15 is 0 Å². The van der Waals surface area contributed by atoms with Gasteiger partial charge in [0.15, 0.2) is 0 Å². The monoisotopic (exact) mass is 353 g/mol. The molecular weight excluding hydrogens is 330 g/mol. The number of aliphatic hydroxyl groups excluding tert-OH is 1. The lowest BCUT2D eigenvalue weighted by Crippen LogP contribution is -2.24. The number of hydrogen-bond donors (Lipinski definition) is 2. The first-order chi connectivity index (χ1) is 12.6. The minimum absolute atomic E-state index is 0.171. The summed E-state index contributed by atoms with van der Waals surface area (Å²) in [4.78, 5) is 15.5. The van der Waals surface area contributed by atoms with Crippen LogP contribution in [-0.4, -0.2) is 33.3 Å². The number of aliphatic hydroxyl groups is 1. The van der Waals surface area contributed by atoms with Crippen molar-refractivity contribution < 1.29 is 14.6 Å². The lowest BCUT2D eigenvalue weighted by atomic mass is 10.1. The van der Waals surface area contributed by atoms with Crippen molar-refractivity contribution in [2.24, 2.45) is 5.73 Å². The number of carbonyl (C=O) groups is 1. The quantitative estimate of drug-likeness (QED) is 0.649. The number of imidazole rings is 1. The molecule has 3 aromatic rings. The Kier molecular flexibility index (Phi) is 5.53. The molecule has 26 heavy (non-hydrogen) atoms. The van der Waals surface area contributed by atoms with Crippen molar-refractivity contribution in [2.75, 3.05) is 6.61 Å². The maximum Gasteiger partial charge on any atom is 0.221 e. The van der Waals surface area contributed by atoms with Crippen LogP contribution >= 0.6 is 0 Å². The van der Waals surface area contributed by atoms with Gasteiger partial charge in [-0.25, -0.2) is 4.98 Å². The molecule has 1 amide bonds. The van der Waals surface area contributed by atoms with Crippen LogP contribution in [0.25, 0.3) is 11.0 Å². The van der Waals surface area contributed by atoms with Crippen molar-refractivity contribution in [1.29, 1.82) is 0 Å². The van der Waals surface area contributed by atoms with E-state index in [4.69, 9.17) is 10.5 Å². The molecule has 0 bridgehead atoms. The summed E-state index contributed by atoms with van der Waals surface area (Å²) < 4.78 is 7.70. The third-order valence-electron chi connectivity index (χ3n) is 4.19. The molecule has 0 aliphatic rings. The summed E-state index contributed by atoms with van der Waals surface area (Å²) in [7, 11) is 0. The Morgan fingerprint density at radius 1 is 1.23 bits per heavy atom. The summed E-state index contributed by atoms with van der Waals surface area (Å²) in [5.41, 5.74) is 7.96. The van der Waals surface area contributed by atoms with Gasteiger partial charge in [-0.3, -0.25) is 4.79 Å². The van der Waals surface area contributed by atoms with Gasteiger partial charge in [-0.1, -0.05) is 31.2 Å². The first kappa shape index (κ1) is 17.9. The van der Waals surface area contributed by atoms with Gasteiger partial charge in [0.2, 0.25) is 5.91 Å². The maximum atomic E-state index is 10.9. The topological polar surface area (TPSA) is 90.4 Å². The number of rotatable bonds is 8. The minimum atomic E-state index is -0.664. The third-order valence-corrected chi connectivity index (χ3v) is 4.19. The molecular formula is C20H23N3O3. The van der Waals surface area contributed by atoms with E-state index in [9.17, 15) is 9.90 Å². The van der Waals surface area contributed by atoms with Crippen molar-refractivity contribution in [1.82, 2.24) is 9.55 Å². The highest BCUT2D eigenvalue weighted by Crippen LogP contribution is 2.18. The number of carbonyl (C=O) groups excluding carboxylic acids is 1. The number of benzene rings is 2. The highest BCUT2D eigenvalue weighted by atomic mass is 16.5. The Bertz CT molecular complexity index is 887. The molecule has 6 heteroatoms. The van der Waals surface area contributed by atoms with Crippen LogP contribution in [0.2, 0.25) is 0 Å². The molecule has 0 saturated heterocycles. The molecule has 6 nitrogen and oxygen atoms in total. The molecule has 3 N–H and O–H groups in total. The Balaban J connectivity index is 1.62. The average Bonchev–Trinajstić information content (AvgIpc) is 2.98. The van der Waals surface area contributed by atoms with E-state index in [1.807, 2.05) is 35.8 Å². The van der Waals surface area contributed by atoms with Crippen molar-refractivity contribution in [3.05, 3.63) is 59.9 Å². The summed E-state index contributed by atoms with van der Waals surface area (Å²) in [6.07, 6.45) is 0.336. The number of fused-ring (bicyclic) bond motifs is 1. The van der Waals surface area contributed by atoms with Crippen molar-refractivity contribution >= 4 is 16.9 Å². The van der Waals surface area contributed by atoms with Crippen LogP contribution in [0, 0.1) is 0 Å². The second-order valence-corrected chi connectivity index (χ2v) is 6.23. The minimum Gasteiger partial charge on any atom is -0.491 e. The molecule has 3 rings (SSSR count). The van der Waals surface area contributed by atoms with E-state index in [1.54, 1.807) is 24.3 Å². The number of nitrogens with zero attached hydrogens (tertiary/aromatic N) is 2. The van der Waals surface area contributed by atoms with Gasteiger partial charge in [-0.15, -0.1) is 0 Å². The van der Waals surface area contributed by atoms with Crippen LogP contribution in [0.4, 0.5) is 0 Å². The molecule has 1 aromatic heterocycles. The number of nitrogens with two attached hydrogens (primary N) is 1. The molecule has 0 unspecified atom stereocenters. The number of aryl methyl sites for hydroxylation is 1. The first-order valence-electron chi connectivity index (χ1n) is 8.69. The van der Waals surface area contributed by atoms with Crippen LogP contribution in [0.3, 0.4) is 0 Å². The number of para-hydroxylation sites is 2. The highest BCUT2D eigenvalue weighted by Gasteiger charge is 2.13. The van der Waals surface area contributed by atoms with Crippen LogP contribution in [-0.2, 0) is 24.2 Å². The molecule has 0 spiro atoms. The second kappa shape index (κ2) is 8.01. The lowest BCUT2D eigenvalue weighted by Gasteiger charge is -2.15. The van der Waals surface area contributed by atoms with E-state index in [0.29, 0.717) is 12.3 Å². The summed E-state index contributed by atoms with van der Waals surface area (Å²) in [5.74, 6) is 1.22. The van der Waals surface area contributed by atoms with Crippen molar-refractivity contribution in [3.8, 4) is 5.75 Å². The molecule has 0 aliphatic heterocycles. The lowest BCUT2D eigenvalue weighted by molar-refractivity contribution is -0.117. The summed E-state index contributed by atoms with van der Waals surface area (Å²) in [6, 6.07) is 15.0. The molecule has 0 saturated carbocycles. The van der Waals surface area contributed by atoms with Crippen molar-refractivity contribution in [3.63, 3.8) is 0 Å². The Labute approximate surface area is 152 Å². The smallest absolute Gasteiger partial charge is 0.221 e. The number of ether oxygens (including phenoxy) is 1. The maximum absolute atomic E-state index is 10.9. The third kappa shape index (κ3) is 4.21. The van der Waals surface area contributed by atoms with Gasteiger partial charge >= 0.3 is 0 Å². The van der Waals surface area contributed by atoms with Gasteiger partial charge in [0, 0.05) is 6.42 Å². The van der Waals surface area contributed by atoms with Crippen LogP contribution in [0.1, 0.15) is 18.3 Å². The summed E-state index contributed by atoms with van der Waals surface area (Å²) in [6.45, 7) is 2.64. The average molecular weight is 353 g/mol. The van der Waals surface area contributed by atoms with Crippen molar-refractivity contribution in [2.45, 2.75) is 32.4 Å². The van der Waals surface area contributed by atoms with Crippen LogP contribution in [0.15, 0.2) is 48.5 Å². The Morgan fingerprint density at radius 2 is 1.96 bits per heavy atom. The fourth-order valence-electron chi connectivity index (χ4n) is 2.96. The van der Waals surface area contributed by atoms with Gasteiger partial charge in [0.05, 0.1) is 24.0 Å². The molecule has 0 fully saturated rings. The van der Waals surface area contributed by atoms with E-state index in [1.165, 1.54) is 0 Å². The number of hydrogen-bond acceptors (Lipinski definition) is 4. The predicted molar refractivity (Wildman–Crippen MR) is 100.0 cm³/mol. The van der Waals surface area contributed by atoms with E-state index < -0.39 is 6.10 Å². The van der Waals surface area contributed by atoms with Gasteiger partial charge < -0.3 is 20.1 Å². The second-order valence-electron chi connectivity index (χ2n) is 6.23. The number of primary amides is 1. The standard InChI is InChI=1S/C20H23N3O3/c1-2-20-22-17-5-3-4-6-18(17)23(20)12-15(24)13-26-16-9-7-14(8-10-16)11-19(21)25/h3-10,15,24H,2,11-13H2,1H3,(H2,21,25)/t15-/m1/s1. The fourth-order valence-corrected chi connectivity index (χ4v) is 2.96. The number of aromatic nitrogens is 2. The van der Waals surface area contributed by atoms with Gasteiger partial charge in [-0.05, 0) is 29.8 Å². The normalized spacial score (nSPS) is 12.2. The Hall–Kier alpha value is -2.86. The molecule has 1 atom stereocenters. The largest absolute Gasteiger partial charge is 0.491 e. The SMILES string of the molecule is CCc1nc2ccccc2n1C[C@@H](O)COc1ccc(CC(N)=O)cc1.